The first-order valence-corrected chi connectivity index (χ1v) is 3.27. The molecule has 0 spiro atoms. The lowest BCUT2D eigenvalue weighted by Gasteiger charge is -2.42. The van der Waals surface area contributed by atoms with E-state index in [-0.39, 0.29) is 0 Å². The highest BCUT2D eigenvalue weighted by Gasteiger charge is 2.24. The Labute approximate surface area is 56.8 Å². The van der Waals surface area contributed by atoms with Crippen LogP contribution in [0, 0.1) is 0 Å². The van der Waals surface area contributed by atoms with Crippen molar-refractivity contribution >= 4 is 0 Å². The number of hydrogen-bond donors (Lipinski definition) is 0. The smallest absolute Gasteiger partial charge is 0.0440 e. The van der Waals surface area contributed by atoms with Crippen LogP contribution in [0.2, 0.25) is 0 Å². The molecule has 2 heteroatoms. The molecule has 52 valence electrons. The fraction of sp³-hybridized carbons (Fsp3) is 0.714. The van der Waals surface area contributed by atoms with Crippen LogP contribution in [-0.2, 0) is 0 Å². The van der Waals surface area contributed by atoms with Crippen molar-refractivity contribution in [2.45, 2.75) is 6.04 Å². The van der Waals surface area contributed by atoms with E-state index in [0.29, 0.717) is 0 Å². The Bertz CT molecular complexity index is 103. The van der Waals surface area contributed by atoms with Gasteiger partial charge in [0.25, 0.3) is 0 Å². The van der Waals surface area contributed by atoms with E-state index < -0.39 is 0 Å². The molecule has 0 aromatic carbocycles. The number of likely N-dealkylation sites (tertiary alicyclic amines) is 1. The van der Waals surface area contributed by atoms with Gasteiger partial charge in [0.15, 0.2) is 0 Å². The van der Waals surface area contributed by atoms with E-state index in [4.69, 9.17) is 0 Å². The molecule has 0 unspecified atom stereocenters. The molecule has 1 rings (SSSR count). The fourth-order valence-electron chi connectivity index (χ4n) is 0.964. The zero-order valence-corrected chi connectivity index (χ0v) is 6.17. The number of likely N-dealkylation sites (N-methyl/N-ethyl adjacent to an activating group) is 1. The lowest BCUT2D eigenvalue weighted by atomic mass is 10.1. The highest BCUT2D eigenvalue weighted by Crippen LogP contribution is 2.10. The summed E-state index contributed by atoms with van der Waals surface area (Å²) >= 11 is 0. The van der Waals surface area contributed by atoms with Gasteiger partial charge in [-0.05, 0) is 20.3 Å². The Morgan fingerprint density at radius 2 is 2.11 bits per heavy atom. The van der Waals surface area contributed by atoms with Crippen LogP contribution in [0.1, 0.15) is 0 Å². The van der Waals surface area contributed by atoms with Gasteiger partial charge < -0.3 is 9.80 Å². The average molecular weight is 126 g/mol. The summed E-state index contributed by atoms with van der Waals surface area (Å²) in [6, 6.07) is 0.753. The van der Waals surface area contributed by atoms with Gasteiger partial charge in [0, 0.05) is 19.1 Å². The van der Waals surface area contributed by atoms with Crippen LogP contribution in [0.4, 0.5) is 0 Å². The van der Waals surface area contributed by atoms with Crippen molar-refractivity contribution < 1.29 is 0 Å². The Hall–Kier alpha value is -0.500. The van der Waals surface area contributed by atoms with E-state index in [2.05, 4.69) is 30.5 Å². The van der Waals surface area contributed by atoms with Gasteiger partial charge in [0.05, 0.1) is 0 Å². The van der Waals surface area contributed by atoms with Gasteiger partial charge in [-0.15, -0.1) is 0 Å². The van der Waals surface area contributed by atoms with Crippen LogP contribution in [0.3, 0.4) is 0 Å². The standard InChI is InChI=1S/C7H14N2/c1-4-9-5-7(6-9)8(2)3/h4,7H,1,5-6H2,2-3H3. The fourth-order valence-corrected chi connectivity index (χ4v) is 0.964. The molecule has 1 aliphatic rings. The van der Waals surface area contributed by atoms with Crippen molar-refractivity contribution in [1.29, 1.82) is 0 Å². The molecule has 1 saturated heterocycles. The van der Waals surface area contributed by atoms with Crippen molar-refractivity contribution in [3.8, 4) is 0 Å². The Morgan fingerprint density at radius 1 is 1.56 bits per heavy atom. The molecular formula is C7H14N2. The van der Waals surface area contributed by atoms with E-state index in [1.807, 2.05) is 6.20 Å². The molecule has 0 aromatic rings. The van der Waals surface area contributed by atoms with Gasteiger partial charge in [0.1, 0.15) is 0 Å². The minimum Gasteiger partial charge on any atom is -0.375 e. The van der Waals surface area contributed by atoms with Crippen LogP contribution in [0.25, 0.3) is 0 Å². The van der Waals surface area contributed by atoms with Gasteiger partial charge in [0.2, 0.25) is 0 Å². The van der Waals surface area contributed by atoms with Crippen LogP contribution in [0.5, 0.6) is 0 Å². The number of rotatable bonds is 2. The Balaban J connectivity index is 2.19. The Kier molecular flexibility index (Phi) is 1.76. The number of hydrogen-bond acceptors (Lipinski definition) is 2. The molecule has 0 bridgehead atoms. The maximum Gasteiger partial charge on any atom is 0.0440 e. The minimum atomic E-state index is 0.753. The van der Waals surface area contributed by atoms with Gasteiger partial charge in [-0.2, -0.15) is 0 Å². The molecular weight excluding hydrogens is 112 g/mol. The van der Waals surface area contributed by atoms with E-state index in [1.165, 1.54) is 0 Å². The first-order valence-electron chi connectivity index (χ1n) is 3.27. The van der Waals surface area contributed by atoms with Crippen molar-refractivity contribution in [3.05, 3.63) is 12.8 Å². The highest BCUT2D eigenvalue weighted by molar-refractivity contribution is 4.90. The largest absolute Gasteiger partial charge is 0.375 e. The normalized spacial score (nSPS) is 20.1. The second-order valence-corrected chi connectivity index (χ2v) is 2.75. The zero-order valence-electron chi connectivity index (χ0n) is 6.17. The summed E-state index contributed by atoms with van der Waals surface area (Å²) in [5.74, 6) is 0. The third-order valence-corrected chi connectivity index (χ3v) is 1.88. The molecule has 1 heterocycles. The molecule has 0 saturated carbocycles. The van der Waals surface area contributed by atoms with Crippen molar-refractivity contribution in [2.24, 2.45) is 0 Å². The van der Waals surface area contributed by atoms with Gasteiger partial charge in [-0.3, -0.25) is 0 Å². The maximum atomic E-state index is 3.68. The molecule has 0 radical (unpaired) electrons. The third-order valence-electron chi connectivity index (χ3n) is 1.88. The zero-order chi connectivity index (χ0) is 6.85. The summed E-state index contributed by atoms with van der Waals surface area (Å²) in [4.78, 5) is 4.46. The van der Waals surface area contributed by atoms with E-state index in [9.17, 15) is 0 Å². The molecule has 0 N–H and O–H groups in total. The predicted molar refractivity (Wildman–Crippen MR) is 39.2 cm³/mol. The van der Waals surface area contributed by atoms with Crippen molar-refractivity contribution in [1.82, 2.24) is 9.80 Å². The van der Waals surface area contributed by atoms with Crippen LogP contribution in [0.15, 0.2) is 12.8 Å². The number of nitrogens with zero attached hydrogens (tertiary/aromatic N) is 2. The lowest BCUT2D eigenvalue weighted by Crippen LogP contribution is -2.54. The Morgan fingerprint density at radius 3 is 2.44 bits per heavy atom. The molecule has 0 aromatic heterocycles. The molecule has 1 aliphatic heterocycles. The van der Waals surface area contributed by atoms with Crippen LogP contribution >= 0.6 is 0 Å². The summed E-state index contributed by atoms with van der Waals surface area (Å²) in [7, 11) is 4.23. The summed E-state index contributed by atoms with van der Waals surface area (Å²) in [6.45, 7) is 5.98. The monoisotopic (exact) mass is 126 g/mol. The van der Waals surface area contributed by atoms with E-state index in [0.717, 1.165) is 19.1 Å². The molecule has 0 atom stereocenters. The van der Waals surface area contributed by atoms with E-state index >= 15 is 0 Å². The summed E-state index contributed by atoms with van der Waals surface area (Å²) < 4.78 is 0. The van der Waals surface area contributed by atoms with Gasteiger partial charge in [-0.1, -0.05) is 6.58 Å². The maximum absolute atomic E-state index is 3.68. The topological polar surface area (TPSA) is 6.48 Å². The third kappa shape index (κ3) is 1.24. The van der Waals surface area contributed by atoms with Crippen LogP contribution < -0.4 is 0 Å². The predicted octanol–water partition coefficient (Wildman–Crippen LogP) is 0.376. The molecule has 9 heavy (non-hydrogen) atoms. The summed E-state index contributed by atoms with van der Waals surface area (Å²) in [5, 5.41) is 0. The molecule has 0 amide bonds. The summed E-state index contributed by atoms with van der Waals surface area (Å²) in [5.41, 5.74) is 0. The second kappa shape index (κ2) is 2.40. The first-order chi connectivity index (χ1) is 4.24. The molecule has 0 aliphatic carbocycles. The quantitative estimate of drug-likeness (QED) is 0.527. The minimum absolute atomic E-state index is 0.753. The van der Waals surface area contributed by atoms with Crippen LogP contribution in [-0.4, -0.2) is 43.0 Å². The van der Waals surface area contributed by atoms with Gasteiger partial charge >= 0.3 is 0 Å². The summed E-state index contributed by atoms with van der Waals surface area (Å²) in [6.07, 6.45) is 1.90. The van der Waals surface area contributed by atoms with E-state index in [1.54, 1.807) is 0 Å². The SMILES string of the molecule is C=CN1CC(N(C)C)C1. The molecule has 1 fully saturated rings. The second-order valence-electron chi connectivity index (χ2n) is 2.75. The lowest BCUT2D eigenvalue weighted by molar-refractivity contribution is 0.106. The highest BCUT2D eigenvalue weighted by atomic mass is 15.3. The molecule has 2 nitrogen and oxygen atoms in total. The first kappa shape index (κ1) is 6.62. The van der Waals surface area contributed by atoms with Gasteiger partial charge in [-0.25, -0.2) is 0 Å². The van der Waals surface area contributed by atoms with Crippen molar-refractivity contribution in [2.75, 3.05) is 27.2 Å². The van der Waals surface area contributed by atoms with Crippen molar-refractivity contribution in [3.63, 3.8) is 0 Å². The average Bonchev–Trinajstić information content (AvgIpc) is 1.61.